The van der Waals surface area contributed by atoms with E-state index in [1.54, 1.807) is 13.0 Å². The van der Waals surface area contributed by atoms with Gasteiger partial charge in [-0.1, -0.05) is 15.9 Å². The van der Waals surface area contributed by atoms with E-state index in [1.807, 2.05) is 0 Å². The number of carbonyl (C=O) groups is 2. The van der Waals surface area contributed by atoms with Gasteiger partial charge in [-0.05, 0) is 48.7 Å². The van der Waals surface area contributed by atoms with Crippen LogP contribution in [0.15, 0.2) is 22.7 Å². The Morgan fingerprint density at radius 2 is 1.97 bits per heavy atom. The number of hydrogen-bond acceptors (Lipinski definition) is 6. The van der Waals surface area contributed by atoms with Crippen LogP contribution in [0.1, 0.15) is 56.8 Å². The summed E-state index contributed by atoms with van der Waals surface area (Å²) >= 11 is 3.29. The van der Waals surface area contributed by atoms with E-state index in [4.69, 9.17) is 5.73 Å². The number of anilines is 1. The Balaban J connectivity index is 1.62. The van der Waals surface area contributed by atoms with Crippen molar-refractivity contribution in [2.45, 2.75) is 38.5 Å². The molecule has 2 amide bonds. The van der Waals surface area contributed by atoms with E-state index in [1.165, 1.54) is 16.8 Å². The number of amides is 2. The molecule has 2 aromatic heterocycles. The number of rotatable bonds is 6. The van der Waals surface area contributed by atoms with Crippen LogP contribution in [0, 0.1) is 6.92 Å². The molecule has 1 saturated carbocycles. The van der Waals surface area contributed by atoms with Gasteiger partial charge in [0.05, 0.1) is 23.0 Å². The first-order valence-corrected chi connectivity index (χ1v) is 10.2. The smallest absolute Gasteiger partial charge is 0.366 e. The second-order valence-electron chi connectivity index (χ2n) is 7.30. The summed E-state index contributed by atoms with van der Waals surface area (Å²) in [6, 6.07) is 4.67. The first-order chi connectivity index (χ1) is 15.0. The molecule has 1 fully saturated rings. The van der Waals surface area contributed by atoms with Gasteiger partial charge in [-0.2, -0.15) is 23.1 Å². The van der Waals surface area contributed by atoms with E-state index in [0.29, 0.717) is 10.0 Å². The van der Waals surface area contributed by atoms with Gasteiger partial charge in [-0.3, -0.25) is 14.3 Å². The highest BCUT2D eigenvalue weighted by Crippen LogP contribution is 2.36. The number of aryl methyl sites for hydroxylation is 1. The fourth-order valence-corrected chi connectivity index (χ4v) is 3.71. The maximum atomic E-state index is 13.0. The Labute approximate surface area is 187 Å². The molecule has 4 rings (SSSR count). The fraction of sp³-hybridized carbons (Fsp3) is 0.333. The molecule has 0 unspecified atom stereocenters. The summed E-state index contributed by atoms with van der Waals surface area (Å²) in [5.74, 6) is -2.60. The first kappa shape index (κ1) is 21.9. The molecule has 1 aliphatic rings. The quantitative estimate of drug-likeness (QED) is 0.521. The SMILES string of the molecule is Cc1cc(Br)cc(C(N)=O)c1NC(=O)c1cc(Cn2nnc(C(F)(F)F)n2)nn1C1CC1. The minimum atomic E-state index is -4.71. The van der Waals surface area contributed by atoms with E-state index in [2.05, 4.69) is 41.8 Å². The molecule has 10 nitrogen and oxygen atoms in total. The van der Waals surface area contributed by atoms with Gasteiger partial charge >= 0.3 is 6.18 Å². The van der Waals surface area contributed by atoms with Crippen molar-refractivity contribution < 1.29 is 22.8 Å². The van der Waals surface area contributed by atoms with Crippen LogP contribution in [0.4, 0.5) is 18.9 Å². The lowest BCUT2D eigenvalue weighted by molar-refractivity contribution is -0.145. The highest BCUT2D eigenvalue weighted by atomic mass is 79.9. The van der Waals surface area contributed by atoms with Gasteiger partial charge in [0.15, 0.2) is 0 Å². The van der Waals surface area contributed by atoms with Gasteiger partial charge < -0.3 is 11.1 Å². The van der Waals surface area contributed by atoms with Crippen molar-refractivity contribution in [3.63, 3.8) is 0 Å². The first-order valence-electron chi connectivity index (χ1n) is 9.37. The number of tetrazole rings is 1. The summed E-state index contributed by atoms with van der Waals surface area (Å²) in [4.78, 5) is 25.6. The van der Waals surface area contributed by atoms with Crippen LogP contribution < -0.4 is 11.1 Å². The van der Waals surface area contributed by atoms with Crippen LogP contribution in [0.2, 0.25) is 0 Å². The van der Waals surface area contributed by atoms with Crippen LogP contribution in [-0.2, 0) is 12.7 Å². The fourth-order valence-electron chi connectivity index (χ4n) is 3.14. The molecule has 0 radical (unpaired) electrons. The molecule has 2 heterocycles. The van der Waals surface area contributed by atoms with Gasteiger partial charge in [-0.15, -0.1) is 10.2 Å². The van der Waals surface area contributed by atoms with E-state index in [0.717, 1.165) is 17.6 Å². The van der Waals surface area contributed by atoms with Gasteiger partial charge in [-0.25, -0.2) is 0 Å². The third-order valence-electron chi connectivity index (χ3n) is 4.73. The monoisotopic (exact) mass is 512 g/mol. The van der Waals surface area contributed by atoms with Crippen molar-refractivity contribution in [1.82, 2.24) is 30.0 Å². The largest absolute Gasteiger partial charge is 0.455 e. The number of nitrogens with zero attached hydrogens (tertiary/aromatic N) is 6. The maximum absolute atomic E-state index is 13.0. The average molecular weight is 513 g/mol. The Hall–Kier alpha value is -3.29. The molecule has 1 aliphatic carbocycles. The lowest BCUT2D eigenvalue weighted by atomic mass is 10.1. The molecule has 3 N–H and O–H groups in total. The van der Waals surface area contributed by atoms with Crippen molar-refractivity contribution in [3.05, 3.63) is 51.0 Å². The molecule has 168 valence electrons. The number of halogens is 4. The predicted molar refractivity (Wildman–Crippen MR) is 108 cm³/mol. The molecule has 0 saturated heterocycles. The van der Waals surface area contributed by atoms with Crippen LogP contribution >= 0.6 is 15.9 Å². The number of primary amides is 1. The number of hydrogen-bond donors (Lipinski definition) is 2. The summed E-state index contributed by atoms with van der Waals surface area (Å²) < 4.78 is 40.2. The average Bonchev–Trinajstić information content (AvgIpc) is 3.27. The molecule has 3 aromatic rings. The summed E-state index contributed by atoms with van der Waals surface area (Å²) in [5, 5.41) is 16.7. The summed E-state index contributed by atoms with van der Waals surface area (Å²) in [6.45, 7) is 1.51. The third-order valence-corrected chi connectivity index (χ3v) is 5.18. The Kier molecular flexibility index (Phi) is 5.48. The summed E-state index contributed by atoms with van der Waals surface area (Å²) in [6.07, 6.45) is -3.09. The van der Waals surface area contributed by atoms with E-state index >= 15 is 0 Å². The molecular weight excluding hydrogens is 497 g/mol. The minimum absolute atomic E-state index is 0.000525. The highest BCUT2D eigenvalue weighted by Gasteiger charge is 2.37. The molecule has 0 spiro atoms. The standard InChI is InChI=1S/C18H16BrF3N8O2/c1-8-4-9(19)5-12(15(23)31)14(8)24-16(32)13-6-10(26-30(13)11-2-3-11)7-29-27-17(25-28-29)18(20,21)22/h4-6,11H,2-3,7H2,1H3,(H2,23,31)(H,24,32). The van der Waals surface area contributed by atoms with Crippen molar-refractivity contribution in [3.8, 4) is 0 Å². The van der Waals surface area contributed by atoms with Crippen LogP contribution in [0.25, 0.3) is 0 Å². The predicted octanol–water partition coefficient (Wildman–Crippen LogP) is 2.69. The van der Waals surface area contributed by atoms with E-state index in [-0.39, 0.29) is 35.2 Å². The molecule has 14 heteroatoms. The Morgan fingerprint density at radius 3 is 2.56 bits per heavy atom. The van der Waals surface area contributed by atoms with Crippen LogP contribution in [0.5, 0.6) is 0 Å². The normalized spacial score (nSPS) is 13.9. The topological polar surface area (TPSA) is 134 Å². The molecule has 0 atom stereocenters. The van der Waals surface area contributed by atoms with Crippen LogP contribution in [-0.4, -0.2) is 41.8 Å². The molecule has 0 bridgehead atoms. The molecule has 0 aliphatic heterocycles. The zero-order valence-electron chi connectivity index (χ0n) is 16.5. The van der Waals surface area contributed by atoms with Gasteiger partial charge in [0.2, 0.25) is 0 Å². The second-order valence-corrected chi connectivity index (χ2v) is 8.22. The van der Waals surface area contributed by atoms with Crippen molar-refractivity contribution in [2.75, 3.05) is 5.32 Å². The van der Waals surface area contributed by atoms with Crippen LogP contribution in [0.3, 0.4) is 0 Å². The second kappa shape index (κ2) is 8.00. The highest BCUT2D eigenvalue weighted by molar-refractivity contribution is 9.10. The van der Waals surface area contributed by atoms with E-state index in [9.17, 15) is 22.8 Å². The molecule has 1 aromatic carbocycles. The molecule has 32 heavy (non-hydrogen) atoms. The number of benzene rings is 1. The van der Waals surface area contributed by atoms with Gasteiger partial charge in [0.25, 0.3) is 17.6 Å². The summed E-state index contributed by atoms with van der Waals surface area (Å²) in [7, 11) is 0. The lowest BCUT2D eigenvalue weighted by Gasteiger charge is -2.13. The zero-order valence-corrected chi connectivity index (χ0v) is 18.1. The number of aromatic nitrogens is 6. The number of alkyl halides is 3. The Bertz CT molecular complexity index is 1220. The van der Waals surface area contributed by atoms with Crippen molar-refractivity contribution >= 4 is 33.4 Å². The molecular formula is C18H16BrF3N8O2. The number of carbonyl (C=O) groups excluding carboxylic acids is 2. The van der Waals surface area contributed by atoms with Gasteiger partial charge in [0, 0.05) is 4.47 Å². The Morgan fingerprint density at radius 1 is 1.25 bits per heavy atom. The van der Waals surface area contributed by atoms with Gasteiger partial charge in [0.1, 0.15) is 12.2 Å². The van der Waals surface area contributed by atoms with E-state index < -0.39 is 23.8 Å². The van der Waals surface area contributed by atoms with Crippen molar-refractivity contribution in [2.24, 2.45) is 5.73 Å². The minimum Gasteiger partial charge on any atom is -0.366 e. The lowest BCUT2D eigenvalue weighted by Crippen LogP contribution is -2.21. The zero-order chi connectivity index (χ0) is 23.2. The number of nitrogens with two attached hydrogens (primary N) is 1. The van der Waals surface area contributed by atoms with Crippen molar-refractivity contribution in [1.29, 1.82) is 0 Å². The summed E-state index contributed by atoms with van der Waals surface area (Å²) in [5.41, 5.74) is 6.94. The third kappa shape index (κ3) is 4.49. The maximum Gasteiger partial charge on any atom is 0.455 e. The number of nitrogens with one attached hydrogen (secondary N) is 1.